The first-order chi connectivity index (χ1) is 6.27. The second kappa shape index (κ2) is 4.25. The number of aliphatic imine (C=N–C) groups is 1. The monoisotopic (exact) mass is 176 g/mol. The quantitative estimate of drug-likeness (QED) is 0.650. The van der Waals surface area contributed by atoms with E-state index < -0.39 is 0 Å². The minimum atomic E-state index is 0.473. The third kappa shape index (κ3) is 2.30. The summed E-state index contributed by atoms with van der Waals surface area (Å²) in [5.41, 5.74) is 12.4. The SMILES string of the molecule is CN=C/C(=C\N)c1cccc(N)n1. The fourth-order valence-electron chi connectivity index (χ4n) is 0.946. The van der Waals surface area contributed by atoms with E-state index in [0.29, 0.717) is 5.82 Å². The first-order valence-corrected chi connectivity index (χ1v) is 3.85. The Bertz CT molecular complexity index is 341. The van der Waals surface area contributed by atoms with Crippen molar-refractivity contribution in [1.82, 2.24) is 4.98 Å². The molecule has 0 aliphatic carbocycles. The van der Waals surface area contributed by atoms with Crippen LogP contribution < -0.4 is 11.5 Å². The van der Waals surface area contributed by atoms with Gasteiger partial charge >= 0.3 is 0 Å². The maximum Gasteiger partial charge on any atom is 0.124 e. The van der Waals surface area contributed by atoms with Crippen molar-refractivity contribution in [3.8, 4) is 0 Å². The molecule has 0 radical (unpaired) electrons. The minimum absolute atomic E-state index is 0.473. The molecule has 1 aromatic rings. The van der Waals surface area contributed by atoms with E-state index in [-0.39, 0.29) is 0 Å². The van der Waals surface area contributed by atoms with E-state index in [9.17, 15) is 0 Å². The molecule has 1 rings (SSSR count). The molecule has 68 valence electrons. The molecule has 4 nitrogen and oxygen atoms in total. The van der Waals surface area contributed by atoms with Crippen LogP contribution >= 0.6 is 0 Å². The molecule has 0 amide bonds. The van der Waals surface area contributed by atoms with Gasteiger partial charge in [0.15, 0.2) is 0 Å². The van der Waals surface area contributed by atoms with Crippen LogP contribution in [0.25, 0.3) is 5.57 Å². The van der Waals surface area contributed by atoms with Gasteiger partial charge in [-0.3, -0.25) is 4.99 Å². The molecule has 4 N–H and O–H groups in total. The largest absolute Gasteiger partial charge is 0.404 e. The summed E-state index contributed by atoms with van der Waals surface area (Å²) in [5, 5.41) is 0. The maximum absolute atomic E-state index is 5.52. The summed E-state index contributed by atoms with van der Waals surface area (Å²) in [6, 6.07) is 5.38. The average Bonchev–Trinajstić information content (AvgIpc) is 2.14. The molecule has 4 heteroatoms. The Morgan fingerprint density at radius 3 is 2.85 bits per heavy atom. The molecule has 0 aromatic carbocycles. The number of rotatable bonds is 2. The van der Waals surface area contributed by atoms with Crippen molar-refractivity contribution in [1.29, 1.82) is 0 Å². The first kappa shape index (κ1) is 9.25. The van der Waals surface area contributed by atoms with Gasteiger partial charge in [0, 0.05) is 25.0 Å². The van der Waals surface area contributed by atoms with Crippen molar-refractivity contribution in [2.75, 3.05) is 12.8 Å². The van der Waals surface area contributed by atoms with Gasteiger partial charge < -0.3 is 11.5 Å². The molecular weight excluding hydrogens is 164 g/mol. The van der Waals surface area contributed by atoms with Gasteiger partial charge in [-0.25, -0.2) is 4.98 Å². The number of anilines is 1. The lowest BCUT2D eigenvalue weighted by Gasteiger charge is -2.00. The smallest absolute Gasteiger partial charge is 0.124 e. The van der Waals surface area contributed by atoms with Crippen LogP contribution in [0.3, 0.4) is 0 Å². The Balaban J connectivity index is 3.06. The summed E-state index contributed by atoms with van der Waals surface area (Å²) in [6.07, 6.45) is 3.09. The molecular formula is C9H12N4. The topological polar surface area (TPSA) is 77.3 Å². The summed E-state index contributed by atoms with van der Waals surface area (Å²) in [5.74, 6) is 0.473. The van der Waals surface area contributed by atoms with Crippen LogP contribution in [0, 0.1) is 0 Å². The van der Waals surface area contributed by atoms with Crippen molar-refractivity contribution >= 4 is 17.6 Å². The number of hydrogen-bond donors (Lipinski definition) is 2. The van der Waals surface area contributed by atoms with Crippen molar-refractivity contribution in [3.05, 3.63) is 30.1 Å². The minimum Gasteiger partial charge on any atom is -0.404 e. The molecule has 0 unspecified atom stereocenters. The number of nitrogen functional groups attached to an aromatic ring is 1. The maximum atomic E-state index is 5.52. The van der Waals surface area contributed by atoms with Gasteiger partial charge in [0.2, 0.25) is 0 Å². The number of nitrogens with two attached hydrogens (primary N) is 2. The summed E-state index contributed by atoms with van der Waals surface area (Å²) < 4.78 is 0. The molecule has 0 atom stereocenters. The number of aromatic nitrogens is 1. The zero-order chi connectivity index (χ0) is 9.68. The molecule has 0 fully saturated rings. The van der Waals surface area contributed by atoms with E-state index >= 15 is 0 Å². The van der Waals surface area contributed by atoms with Gasteiger partial charge in [-0.1, -0.05) is 6.07 Å². The van der Waals surface area contributed by atoms with Crippen LogP contribution in [0.5, 0.6) is 0 Å². The van der Waals surface area contributed by atoms with Crippen molar-refractivity contribution in [2.24, 2.45) is 10.7 Å². The first-order valence-electron chi connectivity index (χ1n) is 3.85. The van der Waals surface area contributed by atoms with Crippen LogP contribution in [-0.4, -0.2) is 18.2 Å². The van der Waals surface area contributed by atoms with Gasteiger partial charge in [-0.15, -0.1) is 0 Å². The van der Waals surface area contributed by atoms with E-state index in [4.69, 9.17) is 11.5 Å². The Kier molecular flexibility index (Phi) is 3.03. The van der Waals surface area contributed by atoms with Gasteiger partial charge in [0.05, 0.1) is 5.69 Å². The summed E-state index contributed by atoms with van der Waals surface area (Å²) in [4.78, 5) is 7.96. The van der Waals surface area contributed by atoms with Crippen molar-refractivity contribution in [3.63, 3.8) is 0 Å². The number of hydrogen-bond acceptors (Lipinski definition) is 4. The highest BCUT2D eigenvalue weighted by molar-refractivity contribution is 6.08. The predicted molar refractivity (Wildman–Crippen MR) is 55.2 cm³/mol. The normalized spacial score (nSPS) is 12.2. The fraction of sp³-hybridized carbons (Fsp3) is 0.111. The van der Waals surface area contributed by atoms with Gasteiger partial charge in [0.1, 0.15) is 5.82 Å². The molecule has 0 saturated carbocycles. The van der Waals surface area contributed by atoms with Gasteiger partial charge in [-0.2, -0.15) is 0 Å². The molecule has 1 aromatic heterocycles. The highest BCUT2D eigenvalue weighted by atomic mass is 14.8. The van der Waals surface area contributed by atoms with Gasteiger partial charge in [0.25, 0.3) is 0 Å². The highest BCUT2D eigenvalue weighted by Crippen LogP contribution is 2.09. The number of nitrogens with zero attached hydrogens (tertiary/aromatic N) is 2. The zero-order valence-electron chi connectivity index (χ0n) is 7.44. The predicted octanol–water partition coefficient (Wildman–Crippen LogP) is 0.664. The second-order valence-corrected chi connectivity index (χ2v) is 2.46. The molecule has 0 aliphatic heterocycles. The third-order valence-corrected chi connectivity index (χ3v) is 1.51. The molecule has 0 aliphatic rings. The van der Waals surface area contributed by atoms with Crippen LogP contribution in [0.15, 0.2) is 29.4 Å². The number of allylic oxidation sites excluding steroid dienone is 1. The summed E-state index contributed by atoms with van der Waals surface area (Å²) >= 11 is 0. The zero-order valence-corrected chi connectivity index (χ0v) is 7.44. The van der Waals surface area contributed by atoms with Gasteiger partial charge in [-0.05, 0) is 12.1 Å². The molecule has 0 spiro atoms. The van der Waals surface area contributed by atoms with E-state index in [0.717, 1.165) is 11.3 Å². The lowest BCUT2D eigenvalue weighted by atomic mass is 10.2. The van der Waals surface area contributed by atoms with E-state index in [1.807, 2.05) is 12.1 Å². The Labute approximate surface area is 77.0 Å². The molecule has 0 saturated heterocycles. The van der Waals surface area contributed by atoms with E-state index in [2.05, 4.69) is 9.98 Å². The lowest BCUT2D eigenvalue weighted by Crippen LogP contribution is -1.97. The van der Waals surface area contributed by atoms with Crippen LogP contribution in [0.4, 0.5) is 5.82 Å². The Morgan fingerprint density at radius 2 is 2.31 bits per heavy atom. The fourth-order valence-corrected chi connectivity index (χ4v) is 0.946. The Morgan fingerprint density at radius 1 is 1.54 bits per heavy atom. The van der Waals surface area contributed by atoms with E-state index in [1.54, 1.807) is 19.3 Å². The molecule has 1 heterocycles. The standard InChI is InChI=1S/C9H12N4/c1-12-6-7(5-10)8-3-2-4-9(11)13-8/h2-6H,10H2,1H3,(H2,11,13)/b7-5+,12-6?. The molecule has 0 bridgehead atoms. The van der Waals surface area contributed by atoms with Crippen molar-refractivity contribution in [2.45, 2.75) is 0 Å². The average molecular weight is 176 g/mol. The van der Waals surface area contributed by atoms with Crippen LogP contribution in [-0.2, 0) is 0 Å². The summed E-state index contributed by atoms with van der Waals surface area (Å²) in [6.45, 7) is 0. The van der Waals surface area contributed by atoms with Crippen molar-refractivity contribution < 1.29 is 0 Å². The highest BCUT2D eigenvalue weighted by Gasteiger charge is 1.98. The second-order valence-electron chi connectivity index (χ2n) is 2.46. The lowest BCUT2D eigenvalue weighted by molar-refractivity contribution is 1.29. The Hall–Kier alpha value is -1.84. The number of pyridine rings is 1. The van der Waals surface area contributed by atoms with Crippen LogP contribution in [0.2, 0.25) is 0 Å². The van der Waals surface area contributed by atoms with E-state index in [1.165, 1.54) is 6.20 Å². The van der Waals surface area contributed by atoms with Crippen LogP contribution in [0.1, 0.15) is 5.69 Å². The molecule has 13 heavy (non-hydrogen) atoms. The summed E-state index contributed by atoms with van der Waals surface area (Å²) in [7, 11) is 1.68. The third-order valence-electron chi connectivity index (χ3n) is 1.51.